The fourth-order valence-electron chi connectivity index (χ4n) is 3.16. The molecule has 0 radical (unpaired) electrons. The number of aromatic nitrogens is 2. The van der Waals surface area contributed by atoms with Gasteiger partial charge in [0.15, 0.2) is 6.61 Å². The average Bonchev–Trinajstić information content (AvgIpc) is 3.18. The predicted molar refractivity (Wildman–Crippen MR) is 121 cm³/mol. The molecule has 1 aromatic heterocycles. The van der Waals surface area contributed by atoms with Crippen molar-refractivity contribution >= 4 is 34.2 Å². The molecule has 0 aliphatic heterocycles. The number of rotatable bonds is 6. The molecule has 0 aliphatic rings. The molecule has 0 unspecified atom stereocenters. The number of ether oxygens (including phenoxy) is 1. The van der Waals surface area contributed by atoms with E-state index in [1.165, 1.54) is 5.56 Å². The van der Waals surface area contributed by atoms with Gasteiger partial charge < -0.3 is 15.0 Å². The number of carbonyl (C=O) groups excluding carboxylic acids is 1. The summed E-state index contributed by atoms with van der Waals surface area (Å²) in [5.74, 6) is 1.52. The molecule has 3 aromatic carbocycles. The number of aromatic amines is 1. The van der Waals surface area contributed by atoms with Crippen molar-refractivity contribution in [2.75, 3.05) is 11.9 Å². The third-order valence-corrected chi connectivity index (χ3v) is 5.14. The summed E-state index contributed by atoms with van der Waals surface area (Å²) in [6.45, 7) is 4.19. The fourth-order valence-corrected chi connectivity index (χ4v) is 3.37. The lowest BCUT2D eigenvalue weighted by molar-refractivity contribution is -0.118. The summed E-state index contributed by atoms with van der Waals surface area (Å²) >= 11 is 6.37. The van der Waals surface area contributed by atoms with E-state index in [2.05, 4.69) is 29.1 Å². The molecule has 30 heavy (non-hydrogen) atoms. The Hall–Kier alpha value is -3.31. The van der Waals surface area contributed by atoms with Crippen LogP contribution < -0.4 is 10.1 Å². The summed E-state index contributed by atoms with van der Waals surface area (Å²) in [6, 6.07) is 20.8. The van der Waals surface area contributed by atoms with Gasteiger partial charge in [0.2, 0.25) is 0 Å². The van der Waals surface area contributed by atoms with Crippen LogP contribution in [0.25, 0.3) is 22.4 Å². The van der Waals surface area contributed by atoms with E-state index in [1.54, 1.807) is 18.2 Å². The van der Waals surface area contributed by atoms with Crippen molar-refractivity contribution in [1.82, 2.24) is 9.97 Å². The van der Waals surface area contributed by atoms with Crippen LogP contribution in [0.2, 0.25) is 5.02 Å². The van der Waals surface area contributed by atoms with Crippen LogP contribution in [-0.4, -0.2) is 22.5 Å². The van der Waals surface area contributed by atoms with Crippen LogP contribution in [0.4, 0.5) is 5.69 Å². The minimum atomic E-state index is -0.249. The van der Waals surface area contributed by atoms with E-state index >= 15 is 0 Å². The Morgan fingerprint density at radius 1 is 1.10 bits per heavy atom. The van der Waals surface area contributed by atoms with Crippen LogP contribution in [0.1, 0.15) is 25.3 Å². The number of fused-ring (bicyclic) bond motifs is 1. The van der Waals surface area contributed by atoms with Crippen molar-refractivity contribution in [3.8, 4) is 17.1 Å². The molecule has 152 valence electrons. The van der Waals surface area contributed by atoms with Gasteiger partial charge >= 0.3 is 0 Å². The minimum Gasteiger partial charge on any atom is -0.484 e. The second-order valence-corrected chi connectivity index (χ2v) is 7.76. The number of halogens is 1. The molecule has 4 aromatic rings. The number of amides is 1. The molecule has 1 heterocycles. The number of hydrogen-bond donors (Lipinski definition) is 2. The highest BCUT2D eigenvalue weighted by Crippen LogP contribution is 2.30. The molecule has 0 fully saturated rings. The smallest absolute Gasteiger partial charge is 0.262 e. The average molecular weight is 420 g/mol. The molecule has 0 spiro atoms. The topological polar surface area (TPSA) is 67.0 Å². The number of nitrogens with one attached hydrogen (secondary N) is 2. The Labute approximate surface area is 180 Å². The van der Waals surface area contributed by atoms with Gasteiger partial charge in [0, 0.05) is 11.3 Å². The molecule has 1 amide bonds. The fraction of sp³-hybridized carbons (Fsp3) is 0.167. The summed E-state index contributed by atoms with van der Waals surface area (Å²) in [4.78, 5) is 20.2. The highest BCUT2D eigenvalue weighted by atomic mass is 35.5. The van der Waals surface area contributed by atoms with Crippen molar-refractivity contribution in [1.29, 1.82) is 0 Å². The maximum absolute atomic E-state index is 12.3. The van der Waals surface area contributed by atoms with Crippen LogP contribution >= 0.6 is 11.6 Å². The minimum absolute atomic E-state index is 0.0797. The second-order valence-electron chi connectivity index (χ2n) is 7.36. The molecular weight excluding hydrogens is 398 g/mol. The largest absolute Gasteiger partial charge is 0.484 e. The van der Waals surface area contributed by atoms with Gasteiger partial charge in [-0.05, 0) is 53.9 Å². The number of carbonyl (C=O) groups is 1. The Kier molecular flexibility index (Phi) is 5.72. The van der Waals surface area contributed by atoms with Crippen molar-refractivity contribution in [2.24, 2.45) is 0 Å². The number of nitrogens with zero attached hydrogens (tertiary/aromatic N) is 1. The van der Waals surface area contributed by atoms with Crippen molar-refractivity contribution in [3.05, 3.63) is 77.3 Å². The molecule has 0 atom stereocenters. The van der Waals surface area contributed by atoms with Gasteiger partial charge in [-0.2, -0.15) is 0 Å². The van der Waals surface area contributed by atoms with Crippen LogP contribution in [0.3, 0.4) is 0 Å². The van der Waals surface area contributed by atoms with E-state index < -0.39 is 0 Å². The molecule has 2 N–H and O–H groups in total. The Balaban J connectivity index is 1.44. The van der Waals surface area contributed by atoms with Crippen molar-refractivity contribution < 1.29 is 9.53 Å². The van der Waals surface area contributed by atoms with E-state index in [0.29, 0.717) is 28.2 Å². The lowest BCUT2D eigenvalue weighted by atomic mass is 10.0. The summed E-state index contributed by atoms with van der Waals surface area (Å²) in [6.07, 6.45) is 0. The monoisotopic (exact) mass is 419 g/mol. The SMILES string of the molecule is CC(C)c1ccc(OCC(=O)Nc2ccc(Cl)c(-c3nc4ccccc4[nH]3)c2)cc1. The van der Waals surface area contributed by atoms with Crippen LogP contribution in [0.15, 0.2) is 66.7 Å². The molecule has 6 heteroatoms. The Morgan fingerprint density at radius 2 is 1.87 bits per heavy atom. The maximum atomic E-state index is 12.3. The molecule has 5 nitrogen and oxygen atoms in total. The van der Waals surface area contributed by atoms with E-state index in [4.69, 9.17) is 16.3 Å². The van der Waals surface area contributed by atoms with Gasteiger partial charge in [-0.25, -0.2) is 4.98 Å². The first kappa shape index (κ1) is 20.0. The molecular formula is C24H22ClN3O2. The zero-order valence-electron chi connectivity index (χ0n) is 16.8. The number of para-hydroxylation sites is 2. The number of benzene rings is 3. The van der Waals surface area contributed by atoms with Gasteiger partial charge in [0.1, 0.15) is 11.6 Å². The predicted octanol–water partition coefficient (Wildman–Crippen LogP) is 6.02. The zero-order valence-corrected chi connectivity index (χ0v) is 17.5. The quantitative estimate of drug-likeness (QED) is 0.401. The molecule has 4 rings (SSSR count). The van der Waals surface area contributed by atoms with Crippen molar-refractivity contribution in [2.45, 2.75) is 19.8 Å². The third-order valence-electron chi connectivity index (χ3n) is 4.81. The second kappa shape index (κ2) is 8.59. The summed E-state index contributed by atoms with van der Waals surface area (Å²) in [7, 11) is 0. The third kappa shape index (κ3) is 4.47. The normalized spacial score (nSPS) is 11.1. The first-order chi connectivity index (χ1) is 14.5. The first-order valence-electron chi connectivity index (χ1n) is 9.77. The maximum Gasteiger partial charge on any atom is 0.262 e. The van der Waals surface area contributed by atoms with E-state index in [1.807, 2.05) is 48.5 Å². The van der Waals surface area contributed by atoms with Gasteiger partial charge in [0.05, 0.1) is 16.1 Å². The highest BCUT2D eigenvalue weighted by molar-refractivity contribution is 6.33. The number of H-pyrrole nitrogens is 1. The lowest BCUT2D eigenvalue weighted by Crippen LogP contribution is -2.20. The van der Waals surface area contributed by atoms with E-state index in [0.717, 1.165) is 16.6 Å². The molecule has 0 bridgehead atoms. The first-order valence-corrected chi connectivity index (χ1v) is 10.1. The number of hydrogen-bond acceptors (Lipinski definition) is 3. The molecule has 0 aliphatic carbocycles. The van der Waals surface area contributed by atoms with Crippen LogP contribution in [0.5, 0.6) is 5.75 Å². The van der Waals surface area contributed by atoms with Gasteiger partial charge in [-0.3, -0.25) is 4.79 Å². The van der Waals surface area contributed by atoms with Crippen LogP contribution in [-0.2, 0) is 4.79 Å². The Bertz CT molecular complexity index is 1150. The van der Waals surface area contributed by atoms with Crippen LogP contribution in [0, 0.1) is 0 Å². The summed E-state index contributed by atoms with van der Waals surface area (Å²) < 4.78 is 5.60. The van der Waals surface area contributed by atoms with Gasteiger partial charge in [-0.15, -0.1) is 0 Å². The Morgan fingerprint density at radius 3 is 2.60 bits per heavy atom. The summed E-state index contributed by atoms with van der Waals surface area (Å²) in [5.41, 5.74) is 4.35. The van der Waals surface area contributed by atoms with E-state index in [-0.39, 0.29) is 12.5 Å². The standard InChI is InChI=1S/C24H22ClN3O2/c1-15(2)16-7-10-18(11-8-16)30-14-23(29)26-17-9-12-20(25)19(13-17)24-27-21-5-3-4-6-22(21)28-24/h3-13,15H,14H2,1-2H3,(H,26,29)(H,27,28). The number of imidazole rings is 1. The summed E-state index contributed by atoms with van der Waals surface area (Å²) in [5, 5.41) is 3.40. The molecule has 0 saturated heterocycles. The molecule has 0 saturated carbocycles. The highest BCUT2D eigenvalue weighted by Gasteiger charge is 2.12. The zero-order chi connectivity index (χ0) is 21.1. The van der Waals surface area contributed by atoms with Gasteiger partial charge in [0.25, 0.3) is 5.91 Å². The van der Waals surface area contributed by atoms with Crippen molar-refractivity contribution in [3.63, 3.8) is 0 Å². The van der Waals surface area contributed by atoms with Gasteiger partial charge in [-0.1, -0.05) is 49.7 Å². The van der Waals surface area contributed by atoms with E-state index in [9.17, 15) is 4.79 Å². The lowest BCUT2D eigenvalue weighted by Gasteiger charge is -2.10. The number of anilines is 1.